The van der Waals surface area contributed by atoms with Crippen LogP contribution >= 0.6 is 0 Å². The van der Waals surface area contributed by atoms with Crippen molar-refractivity contribution in [3.05, 3.63) is 101 Å². The Kier molecular flexibility index (Phi) is 5.24. The van der Waals surface area contributed by atoms with Gasteiger partial charge < -0.3 is 5.11 Å². The largest absolute Gasteiger partial charge is 0.381 e. The van der Waals surface area contributed by atoms with Gasteiger partial charge in [0.25, 0.3) is 0 Å². The van der Waals surface area contributed by atoms with Crippen molar-refractivity contribution in [1.82, 2.24) is 23.9 Å². The van der Waals surface area contributed by atoms with Crippen molar-refractivity contribution < 1.29 is 18.3 Å². The molecule has 4 aromatic rings. The van der Waals surface area contributed by atoms with Gasteiger partial charge in [-0.1, -0.05) is 6.07 Å². The minimum atomic E-state index is -1.98. The first-order valence-corrected chi connectivity index (χ1v) is 9.35. The first kappa shape index (κ1) is 20.6. The summed E-state index contributed by atoms with van der Waals surface area (Å²) in [5.41, 5.74) is -2.29. The van der Waals surface area contributed by atoms with E-state index in [1.54, 1.807) is 0 Å². The normalized spacial score (nSPS) is 14.4. The van der Waals surface area contributed by atoms with Crippen LogP contribution in [0, 0.1) is 17.5 Å². The second-order valence-corrected chi connectivity index (χ2v) is 7.15. The second-order valence-electron chi connectivity index (χ2n) is 7.15. The van der Waals surface area contributed by atoms with E-state index < -0.39 is 34.8 Å². The maximum absolute atomic E-state index is 14.7. The average Bonchev–Trinajstić information content (AvgIpc) is 3.37. The van der Waals surface area contributed by atoms with Crippen LogP contribution in [0.5, 0.6) is 0 Å². The maximum Gasteiger partial charge on any atom is 0.333 e. The molecule has 2 atom stereocenters. The molecule has 0 radical (unpaired) electrons. The molecule has 0 saturated heterocycles. The molecule has 0 aliphatic rings. The van der Waals surface area contributed by atoms with E-state index in [1.807, 2.05) is 0 Å². The Morgan fingerprint density at radius 1 is 1.06 bits per heavy atom. The Labute approximate surface area is 174 Å². The van der Waals surface area contributed by atoms with E-state index in [0.29, 0.717) is 11.8 Å². The topological polar surface area (TPSA) is 77.9 Å². The molecule has 2 aromatic carbocycles. The molecule has 0 bridgehead atoms. The van der Waals surface area contributed by atoms with E-state index in [0.717, 1.165) is 12.1 Å². The highest BCUT2D eigenvalue weighted by atomic mass is 19.1. The number of nitrogens with zero attached hydrogens (tertiary/aromatic N) is 5. The molecule has 0 unspecified atom stereocenters. The monoisotopic (exact) mass is 429 g/mol. The molecule has 0 saturated carbocycles. The quantitative estimate of drug-likeness (QED) is 0.511. The van der Waals surface area contributed by atoms with Crippen LogP contribution in [0.2, 0.25) is 0 Å². The van der Waals surface area contributed by atoms with Crippen LogP contribution in [0.25, 0.3) is 5.69 Å². The van der Waals surface area contributed by atoms with Gasteiger partial charge in [-0.3, -0.25) is 9.13 Å². The zero-order valence-corrected chi connectivity index (χ0v) is 16.4. The predicted octanol–water partition coefficient (Wildman–Crippen LogP) is 2.80. The van der Waals surface area contributed by atoms with Gasteiger partial charge in [-0.05, 0) is 37.3 Å². The standard InChI is InChI=1S/C21H18F3N5O2/c1-14(28-8-9-29(20(28)30)17-5-2-15(22)3-6-17)21(31,11-27-13-25-12-26-27)18-7-4-16(23)10-19(18)24/h2-10,12-14,31H,11H2,1H3/t14-,21-/m1/s1. The number of imidazole rings is 1. The van der Waals surface area contributed by atoms with Crippen molar-refractivity contribution in [3.8, 4) is 5.69 Å². The van der Waals surface area contributed by atoms with E-state index in [4.69, 9.17) is 0 Å². The van der Waals surface area contributed by atoms with Crippen LogP contribution in [0.15, 0.2) is 72.3 Å². The summed E-state index contributed by atoms with van der Waals surface area (Å²) < 4.78 is 45.2. The summed E-state index contributed by atoms with van der Waals surface area (Å²) in [6, 6.07) is 7.16. The van der Waals surface area contributed by atoms with Gasteiger partial charge in [-0.15, -0.1) is 0 Å². The fourth-order valence-electron chi connectivity index (χ4n) is 3.56. The highest BCUT2D eigenvalue weighted by molar-refractivity contribution is 5.32. The van der Waals surface area contributed by atoms with Crippen molar-refractivity contribution in [2.75, 3.05) is 0 Å². The summed E-state index contributed by atoms with van der Waals surface area (Å²) in [7, 11) is 0. The summed E-state index contributed by atoms with van der Waals surface area (Å²) >= 11 is 0. The third-order valence-electron chi connectivity index (χ3n) is 5.28. The van der Waals surface area contributed by atoms with Gasteiger partial charge in [-0.25, -0.2) is 27.6 Å². The Balaban J connectivity index is 1.80. The van der Waals surface area contributed by atoms with Crippen LogP contribution in [0.3, 0.4) is 0 Å². The van der Waals surface area contributed by atoms with Crippen molar-refractivity contribution in [2.45, 2.75) is 25.1 Å². The lowest BCUT2D eigenvalue weighted by molar-refractivity contribution is -0.0342. The molecule has 160 valence electrons. The SMILES string of the molecule is C[C@@H](n1ccn(-c2ccc(F)cc2)c1=O)[C@](O)(Cn1cncn1)c1ccc(F)cc1F. The molecule has 0 aliphatic carbocycles. The first-order chi connectivity index (χ1) is 14.8. The second kappa shape index (κ2) is 7.88. The van der Waals surface area contributed by atoms with Crippen molar-refractivity contribution in [1.29, 1.82) is 0 Å². The molecule has 0 amide bonds. The fourth-order valence-corrected chi connectivity index (χ4v) is 3.56. The molecule has 10 heteroatoms. The summed E-state index contributed by atoms with van der Waals surface area (Å²) in [4.78, 5) is 16.9. The van der Waals surface area contributed by atoms with Gasteiger partial charge >= 0.3 is 5.69 Å². The van der Waals surface area contributed by atoms with Crippen LogP contribution in [-0.4, -0.2) is 29.0 Å². The number of aromatic nitrogens is 5. The Hall–Kier alpha value is -3.66. The average molecular weight is 429 g/mol. The molecule has 31 heavy (non-hydrogen) atoms. The maximum atomic E-state index is 14.7. The molecule has 0 fully saturated rings. The lowest BCUT2D eigenvalue weighted by Crippen LogP contribution is -2.43. The zero-order valence-electron chi connectivity index (χ0n) is 16.4. The minimum absolute atomic E-state index is 0.196. The minimum Gasteiger partial charge on any atom is -0.381 e. The summed E-state index contributed by atoms with van der Waals surface area (Å²) in [5, 5.41) is 15.6. The predicted molar refractivity (Wildman–Crippen MR) is 105 cm³/mol. The molecule has 0 aliphatic heterocycles. The lowest BCUT2D eigenvalue weighted by atomic mass is 9.86. The molecule has 1 N–H and O–H groups in total. The molecule has 2 heterocycles. The van der Waals surface area contributed by atoms with E-state index in [-0.39, 0.29) is 12.1 Å². The molecule has 4 rings (SSSR count). The van der Waals surface area contributed by atoms with Crippen LogP contribution in [-0.2, 0) is 12.1 Å². The van der Waals surface area contributed by atoms with Gasteiger partial charge in [0.15, 0.2) is 0 Å². The summed E-state index contributed by atoms with van der Waals surface area (Å²) in [5.74, 6) is -2.20. The van der Waals surface area contributed by atoms with E-state index in [1.165, 1.54) is 70.1 Å². The number of hydrogen-bond acceptors (Lipinski definition) is 4. The van der Waals surface area contributed by atoms with Crippen LogP contribution < -0.4 is 5.69 Å². The van der Waals surface area contributed by atoms with Crippen molar-refractivity contribution in [3.63, 3.8) is 0 Å². The van der Waals surface area contributed by atoms with E-state index >= 15 is 0 Å². The first-order valence-electron chi connectivity index (χ1n) is 9.35. The highest BCUT2D eigenvalue weighted by Gasteiger charge is 2.41. The Morgan fingerprint density at radius 3 is 2.42 bits per heavy atom. The van der Waals surface area contributed by atoms with Crippen LogP contribution in [0.4, 0.5) is 13.2 Å². The Bertz CT molecular complexity index is 1250. The number of benzene rings is 2. The number of hydrogen-bond donors (Lipinski definition) is 1. The van der Waals surface area contributed by atoms with E-state index in [2.05, 4.69) is 10.1 Å². The molecule has 2 aromatic heterocycles. The van der Waals surface area contributed by atoms with Crippen molar-refractivity contribution >= 4 is 0 Å². The van der Waals surface area contributed by atoms with Gasteiger partial charge in [0.05, 0.1) is 18.3 Å². The van der Waals surface area contributed by atoms with Gasteiger partial charge in [0, 0.05) is 24.0 Å². The van der Waals surface area contributed by atoms with Gasteiger partial charge in [0.2, 0.25) is 0 Å². The Morgan fingerprint density at radius 2 is 1.77 bits per heavy atom. The number of rotatable bonds is 6. The number of aliphatic hydroxyl groups is 1. The highest BCUT2D eigenvalue weighted by Crippen LogP contribution is 2.36. The fraction of sp³-hybridized carbons (Fsp3) is 0.190. The lowest BCUT2D eigenvalue weighted by Gasteiger charge is -2.35. The van der Waals surface area contributed by atoms with E-state index in [9.17, 15) is 23.1 Å². The van der Waals surface area contributed by atoms with Gasteiger partial charge in [0.1, 0.15) is 35.7 Å². The number of halogens is 3. The summed E-state index contributed by atoms with van der Waals surface area (Å²) in [6.07, 6.45) is 5.49. The molecule has 0 spiro atoms. The van der Waals surface area contributed by atoms with Gasteiger partial charge in [-0.2, -0.15) is 5.10 Å². The van der Waals surface area contributed by atoms with Crippen LogP contribution in [0.1, 0.15) is 18.5 Å². The molecular weight excluding hydrogens is 411 g/mol. The molecular formula is C21H18F3N5O2. The smallest absolute Gasteiger partial charge is 0.333 e. The third-order valence-corrected chi connectivity index (χ3v) is 5.28. The zero-order chi connectivity index (χ0) is 22.2. The summed E-state index contributed by atoms with van der Waals surface area (Å²) in [6.45, 7) is 1.29. The van der Waals surface area contributed by atoms with Crippen molar-refractivity contribution in [2.24, 2.45) is 0 Å². The molecule has 7 nitrogen and oxygen atoms in total. The third kappa shape index (κ3) is 3.77.